The molecule has 0 saturated carbocycles. The first kappa shape index (κ1) is 20.5. The minimum absolute atomic E-state index is 0.108. The predicted molar refractivity (Wildman–Crippen MR) is 107 cm³/mol. The van der Waals surface area contributed by atoms with Gasteiger partial charge in [-0.1, -0.05) is 43.3 Å². The zero-order valence-corrected chi connectivity index (χ0v) is 16.5. The molecular weight excluding hydrogens is 340 g/mol. The molecule has 0 aromatic heterocycles. The maximum atomic E-state index is 12.9. The van der Waals surface area contributed by atoms with E-state index < -0.39 is 6.04 Å². The summed E-state index contributed by atoms with van der Waals surface area (Å²) < 4.78 is 5.71. The van der Waals surface area contributed by atoms with Crippen LogP contribution in [0.2, 0.25) is 0 Å². The number of nitrogens with zero attached hydrogens (tertiary/aromatic N) is 1. The lowest BCUT2D eigenvalue weighted by Crippen LogP contribution is -2.49. The first-order chi connectivity index (χ1) is 13.0. The molecule has 5 nitrogen and oxygen atoms in total. The highest BCUT2D eigenvalue weighted by molar-refractivity contribution is 5.88. The van der Waals surface area contributed by atoms with Crippen LogP contribution in [-0.4, -0.2) is 36.4 Å². The van der Waals surface area contributed by atoms with Crippen molar-refractivity contribution in [2.45, 2.75) is 39.8 Å². The Morgan fingerprint density at radius 2 is 1.78 bits per heavy atom. The van der Waals surface area contributed by atoms with Crippen molar-refractivity contribution in [3.8, 4) is 5.75 Å². The average Bonchev–Trinajstić information content (AvgIpc) is 2.69. The minimum atomic E-state index is -0.536. The molecule has 0 bridgehead atoms. The SMILES string of the molecule is CCC(C(=O)NC)N(Cc1ccccc1)C(=O)COc1ccc(C)c(C)c1. The van der Waals surface area contributed by atoms with Gasteiger partial charge < -0.3 is 15.0 Å². The zero-order chi connectivity index (χ0) is 19.8. The molecule has 2 aromatic rings. The Balaban J connectivity index is 2.16. The molecule has 0 aliphatic rings. The molecule has 0 aliphatic heterocycles. The molecule has 0 aliphatic carbocycles. The van der Waals surface area contributed by atoms with Gasteiger partial charge in [-0.3, -0.25) is 9.59 Å². The number of likely N-dealkylation sites (N-methyl/N-ethyl adjacent to an activating group) is 1. The van der Waals surface area contributed by atoms with Crippen LogP contribution >= 0.6 is 0 Å². The largest absolute Gasteiger partial charge is 0.484 e. The van der Waals surface area contributed by atoms with E-state index in [1.165, 1.54) is 5.56 Å². The fraction of sp³-hybridized carbons (Fsp3) is 0.364. The summed E-state index contributed by atoms with van der Waals surface area (Å²) in [6, 6.07) is 14.9. The lowest BCUT2D eigenvalue weighted by molar-refractivity contribution is -0.142. The molecule has 144 valence electrons. The number of hydrogen-bond acceptors (Lipinski definition) is 3. The third-order valence-corrected chi connectivity index (χ3v) is 4.67. The highest BCUT2D eigenvalue weighted by Crippen LogP contribution is 2.17. The Morgan fingerprint density at radius 1 is 1.07 bits per heavy atom. The van der Waals surface area contributed by atoms with Crippen molar-refractivity contribution in [2.24, 2.45) is 0 Å². The fourth-order valence-electron chi connectivity index (χ4n) is 2.90. The van der Waals surface area contributed by atoms with Crippen molar-refractivity contribution in [3.63, 3.8) is 0 Å². The molecule has 1 unspecified atom stereocenters. The van der Waals surface area contributed by atoms with Crippen LogP contribution in [0.25, 0.3) is 0 Å². The van der Waals surface area contributed by atoms with Crippen LogP contribution in [0.5, 0.6) is 5.75 Å². The standard InChI is InChI=1S/C22H28N2O3/c1-5-20(22(26)23-4)24(14-18-9-7-6-8-10-18)21(25)15-27-19-12-11-16(2)17(3)13-19/h6-13,20H,5,14-15H2,1-4H3,(H,23,26). The van der Waals surface area contributed by atoms with Crippen molar-refractivity contribution in [1.82, 2.24) is 10.2 Å². The summed E-state index contributed by atoms with van der Waals surface area (Å²) in [6.07, 6.45) is 0.530. The molecule has 5 heteroatoms. The second-order valence-electron chi connectivity index (χ2n) is 6.58. The van der Waals surface area contributed by atoms with E-state index in [2.05, 4.69) is 5.32 Å². The second-order valence-corrected chi connectivity index (χ2v) is 6.58. The molecule has 0 saturated heterocycles. The lowest BCUT2D eigenvalue weighted by Gasteiger charge is -2.30. The highest BCUT2D eigenvalue weighted by atomic mass is 16.5. The van der Waals surface area contributed by atoms with Gasteiger partial charge in [0, 0.05) is 13.6 Å². The predicted octanol–water partition coefficient (Wildman–Crippen LogP) is 3.24. The molecule has 2 amide bonds. The van der Waals surface area contributed by atoms with Crippen LogP contribution in [-0.2, 0) is 16.1 Å². The Hall–Kier alpha value is -2.82. The summed E-state index contributed by atoms with van der Waals surface area (Å²) in [7, 11) is 1.59. The number of carbonyl (C=O) groups excluding carboxylic acids is 2. The number of carbonyl (C=O) groups is 2. The van der Waals surface area contributed by atoms with Crippen molar-refractivity contribution in [3.05, 3.63) is 65.2 Å². The number of rotatable bonds is 8. The summed E-state index contributed by atoms with van der Waals surface area (Å²) in [5.74, 6) is 0.264. The van der Waals surface area contributed by atoms with Crippen LogP contribution in [0.3, 0.4) is 0 Å². The van der Waals surface area contributed by atoms with E-state index in [1.54, 1.807) is 11.9 Å². The number of amides is 2. The quantitative estimate of drug-likeness (QED) is 0.778. The van der Waals surface area contributed by atoms with Gasteiger partial charge in [-0.05, 0) is 49.1 Å². The van der Waals surface area contributed by atoms with Gasteiger partial charge in [-0.15, -0.1) is 0 Å². The highest BCUT2D eigenvalue weighted by Gasteiger charge is 2.28. The first-order valence-corrected chi connectivity index (χ1v) is 9.21. The number of nitrogens with one attached hydrogen (secondary N) is 1. The molecule has 1 N–H and O–H groups in total. The van der Waals surface area contributed by atoms with Crippen LogP contribution < -0.4 is 10.1 Å². The lowest BCUT2D eigenvalue weighted by atomic mass is 10.1. The zero-order valence-electron chi connectivity index (χ0n) is 16.5. The van der Waals surface area contributed by atoms with Crippen molar-refractivity contribution < 1.29 is 14.3 Å². The topological polar surface area (TPSA) is 58.6 Å². The van der Waals surface area contributed by atoms with E-state index >= 15 is 0 Å². The van der Waals surface area contributed by atoms with Gasteiger partial charge in [0.1, 0.15) is 11.8 Å². The maximum absolute atomic E-state index is 12.9. The second kappa shape index (κ2) is 9.76. The van der Waals surface area contributed by atoms with E-state index in [0.29, 0.717) is 18.7 Å². The van der Waals surface area contributed by atoms with Crippen LogP contribution in [0.4, 0.5) is 0 Å². The molecule has 1 atom stereocenters. The molecule has 27 heavy (non-hydrogen) atoms. The summed E-state index contributed by atoms with van der Waals surface area (Å²) in [4.78, 5) is 26.8. The Kier molecular flexibility index (Phi) is 7.41. The number of hydrogen-bond donors (Lipinski definition) is 1. The molecule has 0 fully saturated rings. The summed E-state index contributed by atoms with van der Waals surface area (Å²) >= 11 is 0. The van der Waals surface area contributed by atoms with E-state index in [9.17, 15) is 9.59 Å². The monoisotopic (exact) mass is 368 g/mol. The van der Waals surface area contributed by atoms with Gasteiger partial charge in [-0.2, -0.15) is 0 Å². The van der Waals surface area contributed by atoms with Gasteiger partial charge in [0.05, 0.1) is 0 Å². The van der Waals surface area contributed by atoms with E-state index in [1.807, 2.05) is 69.3 Å². The van der Waals surface area contributed by atoms with Gasteiger partial charge in [0.2, 0.25) is 5.91 Å². The third-order valence-electron chi connectivity index (χ3n) is 4.67. The molecule has 2 rings (SSSR count). The third kappa shape index (κ3) is 5.58. The first-order valence-electron chi connectivity index (χ1n) is 9.21. The van der Waals surface area contributed by atoms with Crippen LogP contribution in [0.1, 0.15) is 30.0 Å². The van der Waals surface area contributed by atoms with Crippen LogP contribution in [0, 0.1) is 13.8 Å². The Morgan fingerprint density at radius 3 is 2.37 bits per heavy atom. The van der Waals surface area contributed by atoms with Crippen molar-refractivity contribution >= 4 is 11.8 Å². The van der Waals surface area contributed by atoms with Crippen molar-refractivity contribution in [2.75, 3.05) is 13.7 Å². The average molecular weight is 368 g/mol. The van der Waals surface area contributed by atoms with Crippen LogP contribution in [0.15, 0.2) is 48.5 Å². The Bertz CT molecular complexity index is 774. The van der Waals surface area contributed by atoms with Gasteiger partial charge in [-0.25, -0.2) is 0 Å². The summed E-state index contributed by atoms with van der Waals surface area (Å²) in [5, 5.41) is 2.65. The molecule has 2 aromatic carbocycles. The summed E-state index contributed by atoms with van der Waals surface area (Å²) in [6.45, 7) is 6.19. The minimum Gasteiger partial charge on any atom is -0.484 e. The van der Waals surface area contributed by atoms with Gasteiger partial charge in [0.25, 0.3) is 5.91 Å². The smallest absolute Gasteiger partial charge is 0.261 e. The molecule has 0 radical (unpaired) electrons. The van der Waals surface area contributed by atoms with E-state index in [-0.39, 0.29) is 18.4 Å². The van der Waals surface area contributed by atoms with Gasteiger partial charge >= 0.3 is 0 Å². The van der Waals surface area contributed by atoms with Gasteiger partial charge in [0.15, 0.2) is 6.61 Å². The Labute approximate surface area is 161 Å². The van der Waals surface area contributed by atoms with Crippen molar-refractivity contribution in [1.29, 1.82) is 0 Å². The molecule has 0 heterocycles. The maximum Gasteiger partial charge on any atom is 0.261 e. The van der Waals surface area contributed by atoms with E-state index in [4.69, 9.17) is 4.74 Å². The number of aryl methyl sites for hydroxylation is 2. The van der Waals surface area contributed by atoms with E-state index in [0.717, 1.165) is 11.1 Å². The molecular formula is C22H28N2O3. The number of ether oxygens (including phenoxy) is 1. The molecule has 0 spiro atoms. The normalized spacial score (nSPS) is 11.6. The summed E-state index contributed by atoms with van der Waals surface area (Å²) in [5.41, 5.74) is 3.25. The number of benzene rings is 2. The fourth-order valence-corrected chi connectivity index (χ4v) is 2.90.